The first-order valence-corrected chi connectivity index (χ1v) is 9.11. The summed E-state index contributed by atoms with van der Waals surface area (Å²) < 4.78 is 1.26. The zero-order valence-electron chi connectivity index (χ0n) is 14.6. The molecule has 6 heteroatoms. The molecule has 0 radical (unpaired) electrons. The van der Waals surface area contributed by atoms with Crippen molar-refractivity contribution in [3.63, 3.8) is 0 Å². The fourth-order valence-corrected chi connectivity index (χ4v) is 3.46. The molecule has 2 heterocycles. The Morgan fingerprint density at radius 3 is 2.77 bits per heavy atom. The van der Waals surface area contributed by atoms with Gasteiger partial charge in [0.25, 0.3) is 5.56 Å². The minimum atomic E-state index is -0.231. The molecule has 0 spiro atoms. The molecule has 4 rings (SSSR count). The fraction of sp³-hybridized carbons (Fsp3) is 0.350. The van der Waals surface area contributed by atoms with Crippen molar-refractivity contribution in [2.75, 3.05) is 5.32 Å². The molecule has 0 unspecified atom stereocenters. The second kappa shape index (κ2) is 7.56. The first kappa shape index (κ1) is 16.6. The zero-order valence-corrected chi connectivity index (χ0v) is 14.6. The lowest BCUT2D eigenvalue weighted by molar-refractivity contribution is 0.0980. The van der Waals surface area contributed by atoms with Crippen LogP contribution in [-0.2, 0) is 6.61 Å². The molecule has 0 bridgehead atoms. The lowest BCUT2D eigenvalue weighted by Crippen LogP contribution is -2.29. The number of anilines is 1. The summed E-state index contributed by atoms with van der Waals surface area (Å²) >= 11 is 0. The smallest absolute Gasteiger partial charge is 0.287 e. The van der Waals surface area contributed by atoms with E-state index < -0.39 is 0 Å². The van der Waals surface area contributed by atoms with Gasteiger partial charge in [-0.1, -0.05) is 49.6 Å². The number of fused-ring (bicyclic) bond motifs is 1. The van der Waals surface area contributed by atoms with Gasteiger partial charge in [0.05, 0.1) is 11.1 Å². The maximum absolute atomic E-state index is 12.7. The minimum absolute atomic E-state index is 0.231. The van der Waals surface area contributed by atoms with Crippen LogP contribution in [-0.4, -0.2) is 20.7 Å². The number of rotatable bonds is 5. The Balaban J connectivity index is 1.65. The van der Waals surface area contributed by atoms with Crippen molar-refractivity contribution < 1.29 is 4.84 Å². The highest BCUT2D eigenvalue weighted by molar-refractivity contribution is 5.88. The largest absolute Gasteiger partial charge is 0.404 e. The van der Waals surface area contributed by atoms with Crippen molar-refractivity contribution in [2.24, 2.45) is 0 Å². The van der Waals surface area contributed by atoms with Crippen LogP contribution in [0.2, 0.25) is 0 Å². The molecule has 26 heavy (non-hydrogen) atoms. The Morgan fingerprint density at radius 1 is 1.15 bits per heavy atom. The monoisotopic (exact) mass is 350 g/mol. The van der Waals surface area contributed by atoms with Gasteiger partial charge in [0.15, 0.2) is 5.65 Å². The first-order chi connectivity index (χ1) is 12.8. The average Bonchev–Trinajstić information content (AvgIpc) is 2.69. The molecular formula is C20H22N4O2. The van der Waals surface area contributed by atoms with Crippen LogP contribution in [0.4, 0.5) is 5.69 Å². The first-order valence-electron chi connectivity index (χ1n) is 9.11. The Labute approximate surface area is 151 Å². The van der Waals surface area contributed by atoms with Crippen LogP contribution < -0.4 is 15.7 Å². The second-order valence-electron chi connectivity index (χ2n) is 6.69. The average molecular weight is 350 g/mol. The molecule has 2 aromatic heterocycles. The van der Waals surface area contributed by atoms with Crippen molar-refractivity contribution in [1.29, 1.82) is 0 Å². The topological polar surface area (TPSA) is 69.0 Å². The molecule has 0 aliphatic heterocycles. The summed E-state index contributed by atoms with van der Waals surface area (Å²) in [6.45, 7) is 0.301. The summed E-state index contributed by atoms with van der Waals surface area (Å²) in [5, 5.41) is 4.31. The van der Waals surface area contributed by atoms with Gasteiger partial charge in [-0.2, -0.15) is 0 Å². The Kier molecular flexibility index (Phi) is 4.82. The molecule has 0 saturated heterocycles. The van der Waals surface area contributed by atoms with E-state index in [0.717, 1.165) is 29.5 Å². The Hall–Kier alpha value is -2.89. The number of nitrogens with zero attached hydrogens (tertiary/aromatic N) is 3. The van der Waals surface area contributed by atoms with Gasteiger partial charge in [-0.25, -0.2) is 9.97 Å². The number of pyridine rings is 1. The van der Waals surface area contributed by atoms with E-state index in [4.69, 9.17) is 4.84 Å². The van der Waals surface area contributed by atoms with Crippen LogP contribution in [0.1, 0.15) is 37.7 Å². The van der Waals surface area contributed by atoms with Crippen molar-refractivity contribution in [3.05, 3.63) is 64.8 Å². The quantitative estimate of drug-likeness (QED) is 0.765. The molecule has 1 aliphatic rings. The maximum Gasteiger partial charge on any atom is 0.287 e. The Bertz CT molecular complexity index is 933. The third-order valence-electron chi connectivity index (χ3n) is 4.81. The summed E-state index contributed by atoms with van der Waals surface area (Å²) in [6, 6.07) is 11.7. The predicted molar refractivity (Wildman–Crippen MR) is 101 cm³/mol. The van der Waals surface area contributed by atoms with Crippen molar-refractivity contribution in [1.82, 2.24) is 14.7 Å². The standard InChI is InChI=1S/C20H22N4O2/c25-19-11-18(23-16-9-5-2-6-10-16)17-12-21-14-22-20(17)24(19)26-13-15-7-3-1-4-8-15/h1,3-4,7-8,11-12,14,16,23H,2,5-6,9-10,13H2. The number of hydrogen-bond acceptors (Lipinski definition) is 5. The van der Waals surface area contributed by atoms with Crippen LogP contribution in [0.3, 0.4) is 0 Å². The van der Waals surface area contributed by atoms with Crippen LogP contribution in [0, 0.1) is 0 Å². The summed E-state index contributed by atoms with van der Waals surface area (Å²) in [7, 11) is 0. The van der Waals surface area contributed by atoms with Gasteiger partial charge in [0.1, 0.15) is 12.9 Å². The van der Waals surface area contributed by atoms with E-state index in [0.29, 0.717) is 18.3 Å². The number of nitrogens with one attached hydrogen (secondary N) is 1. The van der Waals surface area contributed by atoms with Gasteiger partial charge in [-0.15, -0.1) is 4.73 Å². The van der Waals surface area contributed by atoms with E-state index in [2.05, 4.69) is 15.3 Å². The maximum atomic E-state index is 12.7. The normalized spacial score (nSPS) is 15.1. The van der Waals surface area contributed by atoms with Crippen LogP contribution in [0.15, 0.2) is 53.7 Å². The SMILES string of the molecule is O=c1cc(NC2CCCCC2)c2cncnc2n1OCc1ccccc1. The summed E-state index contributed by atoms with van der Waals surface area (Å²) in [6.07, 6.45) is 9.17. The molecular weight excluding hydrogens is 328 g/mol. The molecule has 1 saturated carbocycles. The van der Waals surface area contributed by atoms with Crippen molar-refractivity contribution in [2.45, 2.75) is 44.8 Å². The van der Waals surface area contributed by atoms with Gasteiger partial charge in [0, 0.05) is 18.3 Å². The summed E-state index contributed by atoms with van der Waals surface area (Å²) in [4.78, 5) is 26.9. The number of aromatic nitrogens is 3. The van der Waals surface area contributed by atoms with Crippen molar-refractivity contribution in [3.8, 4) is 0 Å². The lowest BCUT2D eigenvalue weighted by Gasteiger charge is -2.24. The third kappa shape index (κ3) is 3.54. The van der Waals surface area contributed by atoms with E-state index in [1.54, 1.807) is 12.3 Å². The van der Waals surface area contributed by atoms with Crippen LogP contribution in [0.25, 0.3) is 11.0 Å². The molecule has 134 valence electrons. The molecule has 1 N–H and O–H groups in total. The highest BCUT2D eigenvalue weighted by Crippen LogP contribution is 2.25. The second-order valence-corrected chi connectivity index (χ2v) is 6.69. The Morgan fingerprint density at radius 2 is 1.96 bits per heavy atom. The zero-order chi connectivity index (χ0) is 17.8. The van der Waals surface area contributed by atoms with E-state index in [9.17, 15) is 4.79 Å². The van der Waals surface area contributed by atoms with Gasteiger partial charge in [0.2, 0.25) is 0 Å². The molecule has 0 amide bonds. The third-order valence-corrected chi connectivity index (χ3v) is 4.81. The van der Waals surface area contributed by atoms with Crippen LogP contribution >= 0.6 is 0 Å². The molecule has 1 fully saturated rings. The van der Waals surface area contributed by atoms with Crippen LogP contribution in [0.5, 0.6) is 0 Å². The molecule has 0 atom stereocenters. The van der Waals surface area contributed by atoms with E-state index >= 15 is 0 Å². The van der Waals surface area contributed by atoms with Gasteiger partial charge in [-0.05, 0) is 18.4 Å². The number of benzene rings is 1. The highest BCUT2D eigenvalue weighted by atomic mass is 16.7. The lowest BCUT2D eigenvalue weighted by atomic mass is 9.95. The highest BCUT2D eigenvalue weighted by Gasteiger charge is 2.17. The van der Waals surface area contributed by atoms with Gasteiger partial charge >= 0.3 is 0 Å². The van der Waals surface area contributed by atoms with Gasteiger partial charge in [-0.3, -0.25) is 4.79 Å². The van der Waals surface area contributed by atoms with Gasteiger partial charge < -0.3 is 10.2 Å². The number of hydrogen-bond donors (Lipinski definition) is 1. The van der Waals surface area contributed by atoms with E-state index in [1.165, 1.54) is 30.3 Å². The minimum Gasteiger partial charge on any atom is -0.404 e. The van der Waals surface area contributed by atoms with E-state index in [-0.39, 0.29) is 5.56 Å². The summed E-state index contributed by atoms with van der Waals surface area (Å²) in [5.74, 6) is 0. The van der Waals surface area contributed by atoms with Crippen molar-refractivity contribution >= 4 is 16.7 Å². The summed E-state index contributed by atoms with van der Waals surface area (Å²) in [5.41, 5.74) is 2.04. The fourth-order valence-electron chi connectivity index (χ4n) is 3.46. The molecule has 1 aliphatic carbocycles. The molecule has 3 aromatic rings. The molecule has 1 aromatic carbocycles. The van der Waals surface area contributed by atoms with E-state index in [1.807, 2.05) is 30.3 Å². The predicted octanol–water partition coefficient (Wildman–Crippen LogP) is 3.16. The molecule has 6 nitrogen and oxygen atoms in total.